The third-order valence-electron chi connectivity index (χ3n) is 2.90. The highest BCUT2D eigenvalue weighted by Gasteiger charge is 2.10. The largest absolute Gasteiger partial charge is 0.388 e. The summed E-state index contributed by atoms with van der Waals surface area (Å²) < 4.78 is 14.4. The maximum atomic E-state index is 13.4. The number of benzene rings is 2. The predicted octanol–water partition coefficient (Wildman–Crippen LogP) is 4.17. The summed E-state index contributed by atoms with van der Waals surface area (Å²) in [5, 5.41) is 10.1. The van der Waals surface area contributed by atoms with Crippen molar-refractivity contribution in [3.63, 3.8) is 0 Å². The molecule has 2 aromatic carbocycles. The summed E-state index contributed by atoms with van der Waals surface area (Å²) in [5.41, 5.74) is 2.21. The van der Waals surface area contributed by atoms with Gasteiger partial charge in [0.2, 0.25) is 0 Å². The molecule has 3 heteroatoms. The van der Waals surface area contributed by atoms with Gasteiger partial charge < -0.3 is 5.11 Å². The highest BCUT2D eigenvalue weighted by Crippen LogP contribution is 2.22. The molecule has 2 aromatic rings. The van der Waals surface area contributed by atoms with Gasteiger partial charge in [-0.25, -0.2) is 4.39 Å². The smallest absolute Gasteiger partial charge is 0.126 e. The lowest BCUT2D eigenvalue weighted by Gasteiger charge is -2.12. The number of halogens is 2. The highest BCUT2D eigenvalue weighted by molar-refractivity contribution is 9.10. The fourth-order valence-electron chi connectivity index (χ4n) is 1.82. The normalized spacial score (nSPS) is 12.4. The minimum atomic E-state index is -0.686. The first-order valence-corrected chi connectivity index (χ1v) is 6.54. The molecule has 94 valence electrons. The summed E-state index contributed by atoms with van der Waals surface area (Å²) in [7, 11) is 0. The molecule has 0 aliphatic heterocycles. The van der Waals surface area contributed by atoms with Crippen molar-refractivity contribution in [3.05, 3.63) is 69.4 Å². The van der Waals surface area contributed by atoms with Crippen molar-refractivity contribution in [2.45, 2.75) is 19.4 Å². The molecular formula is C15H14BrFO. The molecule has 2 rings (SSSR count). The Bertz CT molecular complexity index is 554. The van der Waals surface area contributed by atoms with Gasteiger partial charge in [-0.2, -0.15) is 0 Å². The van der Waals surface area contributed by atoms with Crippen molar-refractivity contribution < 1.29 is 9.50 Å². The van der Waals surface area contributed by atoms with E-state index in [0.29, 0.717) is 17.5 Å². The van der Waals surface area contributed by atoms with Crippen molar-refractivity contribution >= 4 is 15.9 Å². The molecule has 1 N–H and O–H groups in total. The van der Waals surface area contributed by atoms with E-state index >= 15 is 0 Å². The average Bonchev–Trinajstić information content (AvgIpc) is 2.32. The SMILES string of the molecule is Cc1ccc(C(O)Cc2cccc(Br)c2)cc1F. The summed E-state index contributed by atoms with van der Waals surface area (Å²) in [6.45, 7) is 1.71. The molecule has 1 nitrogen and oxygen atoms in total. The molecule has 0 aromatic heterocycles. The lowest BCUT2D eigenvalue weighted by molar-refractivity contribution is 0.178. The molecule has 18 heavy (non-hydrogen) atoms. The Hall–Kier alpha value is -1.19. The van der Waals surface area contributed by atoms with Crippen LogP contribution in [0.2, 0.25) is 0 Å². The minimum absolute atomic E-state index is 0.277. The van der Waals surface area contributed by atoms with Crippen molar-refractivity contribution in [2.75, 3.05) is 0 Å². The van der Waals surface area contributed by atoms with Crippen LogP contribution in [0, 0.1) is 12.7 Å². The molecular weight excluding hydrogens is 295 g/mol. The minimum Gasteiger partial charge on any atom is -0.388 e. The van der Waals surface area contributed by atoms with Gasteiger partial charge in [0, 0.05) is 10.9 Å². The zero-order chi connectivity index (χ0) is 13.1. The Labute approximate surface area is 114 Å². The maximum absolute atomic E-state index is 13.4. The van der Waals surface area contributed by atoms with Gasteiger partial charge in [0.15, 0.2) is 0 Å². The van der Waals surface area contributed by atoms with Crippen molar-refractivity contribution in [3.8, 4) is 0 Å². The molecule has 0 fully saturated rings. The number of hydrogen-bond acceptors (Lipinski definition) is 1. The summed E-state index contributed by atoms with van der Waals surface area (Å²) in [4.78, 5) is 0. The molecule has 0 saturated heterocycles. The van der Waals surface area contributed by atoms with Crippen LogP contribution in [0.3, 0.4) is 0 Å². The van der Waals surface area contributed by atoms with Gasteiger partial charge >= 0.3 is 0 Å². The van der Waals surface area contributed by atoms with E-state index in [-0.39, 0.29) is 5.82 Å². The summed E-state index contributed by atoms with van der Waals surface area (Å²) in [5.74, 6) is -0.277. The van der Waals surface area contributed by atoms with Gasteiger partial charge in [0.05, 0.1) is 6.10 Å². The van der Waals surface area contributed by atoms with E-state index in [2.05, 4.69) is 15.9 Å². The monoisotopic (exact) mass is 308 g/mol. The number of aliphatic hydroxyl groups is 1. The lowest BCUT2D eigenvalue weighted by atomic mass is 10.0. The molecule has 0 bridgehead atoms. The third kappa shape index (κ3) is 3.18. The Morgan fingerprint density at radius 1 is 1.22 bits per heavy atom. The molecule has 0 radical (unpaired) electrons. The molecule has 0 saturated carbocycles. The van der Waals surface area contributed by atoms with Crippen LogP contribution in [0.1, 0.15) is 22.8 Å². The predicted molar refractivity (Wildman–Crippen MR) is 73.9 cm³/mol. The molecule has 1 atom stereocenters. The van der Waals surface area contributed by atoms with Crippen LogP contribution in [-0.2, 0) is 6.42 Å². The van der Waals surface area contributed by atoms with Crippen molar-refractivity contribution in [1.82, 2.24) is 0 Å². The molecule has 0 amide bonds. The van der Waals surface area contributed by atoms with Gasteiger partial charge in [-0.15, -0.1) is 0 Å². The summed E-state index contributed by atoms with van der Waals surface area (Å²) in [6.07, 6.45) is -0.212. The second kappa shape index (κ2) is 5.63. The fraction of sp³-hybridized carbons (Fsp3) is 0.200. The van der Waals surface area contributed by atoms with E-state index in [1.807, 2.05) is 24.3 Å². The lowest BCUT2D eigenvalue weighted by Crippen LogP contribution is -2.02. The maximum Gasteiger partial charge on any atom is 0.126 e. The second-order valence-corrected chi connectivity index (χ2v) is 5.27. The van der Waals surface area contributed by atoms with E-state index in [1.54, 1.807) is 19.1 Å². The van der Waals surface area contributed by atoms with Gasteiger partial charge in [0.1, 0.15) is 5.82 Å². The summed E-state index contributed by atoms with van der Waals surface area (Å²) >= 11 is 3.39. The van der Waals surface area contributed by atoms with Gasteiger partial charge in [0.25, 0.3) is 0 Å². The van der Waals surface area contributed by atoms with Gasteiger partial charge in [-0.1, -0.05) is 40.2 Å². The zero-order valence-electron chi connectivity index (χ0n) is 10.0. The first kappa shape index (κ1) is 13.2. The van der Waals surface area contributed by atoms with Gasteiger partial charge in [-0.05, 0) is 41.8 Å². The van der Waals surface area contributed by atoms with Crippen LogP contribution in [0.5, 0.6) is 0 Å². The topological polar surface area (TPSA) is 20.2 Å². The fourth-order valence-corrected chi connectivity index (χ4v) is 2.27. The number of aryl methyl sites for hydroxylation is 1. The van der Waals surface area contributed by atoms with Crippen LogP contribution in [0.4, 0.5) is 4.39 Å². The van der Waals surface area contributed by atoms with Crippen molar-refractivity contribution in [2.24, 2.45) is 0 Å². The van der Waals surface area contributed by atoms with Crippen LogP contribution >= 0.6 is 15.9 Å². The van der Waals surface area contributed by atoms with E-state index in [0.717, 1.165) is 10.0 Å². The Morgan fingerprint density at radius 3 is 2.67 bits per heavy atom. The Balaban J connectivity index is 2.16. The first-order chi connectivity index (χ1) is 8.56. The number of rotatable bonds is 3. The van der Waals surface area contributed by atoms with E-state index in [1.165, 1.54) is 6.07 Å². The van der Waals surface area contributed by atoms with E-state index < -0.39 is 6.10 Å². The second-order valence-electron chi connectivity index (χ2n) is 4.36. The molecule has 0 aliphatic carbocycles. The van der Waals surface area contributed by atoms with Crippen LogP contribution in [-0.4, -0.2) is 5.11 Å². The number of hydrogen-bond donors (Lipinski definition) is 1. The van der Waals surface area contributed by atoms with Crippen LogP contribution < -0.4 is 0 Å². The number of aliphatic hydroxyl groups excluding tert-OH is 1. The third-order valence-corrected chi connectivity index (χ3v) is 3.39. The quantitative estimate of drug-likeness (QED) is 0.902. The molecule has 1 unspecified atom stereocenters. The standard InChI is InChI=1S/C15H14BrFO/c1-10-5-6-12(9-14(10)17)15(18)8-11-3-2-4-13(16)7-11/h2-7,9,15,18H,8H2,1H3. The van der Waals surface area contributed by atoms with Crippen molar-refractivity contribution in [1.29, 1.82) is 0 Å². The summed E-state index contributed by atoms with van der Waals surface area (Å²) in [6, 6.07) is 12.6. The highest BCUT2D eigenvalue weighted by atomic mass is 79.9. The van der Waals surface area contributed by atoms with Crippen LogP contribution in [0.25, 0.3) is 0 Å². The van der Waals surface area contributed by atoms with E-state index in [9.17, 15) is 9.50 Å². The molecule has 0 aliphatic rings. The first-order valence-electron chi connectivity index (χ1n) is 5.75. The van der Waals surface area contributed by atoms with Crippen LogP contribution in [0.15, 0.2) is 46.9 Å². The average molecular weight is 309 g/mol. The Morgan fingerprint density at radius 2 is 2.00 bits per heavy atom. The molecule has 0 heterocycles. The Kier molecular flexibility index (Phi) is 4.15. The zero-order valence-corrected chi connectivity index (χ0v) is 11.6. The van der Waals surface area contributed by atoms with E-state index in [4.69, 9.17) is 0 Å². The molecule has 0 spiro atoms. The van der Waals surface area contributed by atoms with Gasteiger partial charge in [-0.3, -0.25) is 0 Å².